The number of benzene rings is 8. The summed E-state index contributed by atoms with van der Waals surface area (Å²) >= 11 is 4.07. The molecule has 2 atom stereocenters. The number of carbonyl (C=O) groups excluding carboxylic acids is 4. The van der Waals surface area contributed by atoms with Crippen LogP contribution in [0.15, 0.2) is 275 Å². The zero-order chi connectivity index (χ0) is 56.6. The van der Waals surface area contributed by atoms with Gasteiger partial charge in [-0.05, 0) is 33.4 Å². The number of rotatable bonds is 20. The summed E-state index contributed by atoms with van der Waals surface area (Å²) in [4.78, 5) is 71.9. The number of nitrogens with one attached hydrogen (secondary N) is 2. The number of aromatic nitrogens is 1. The van der Waals surface area contributed by atoms with Crippen molar-refractivity contribution in [3.8, 4) is 0 Å². The van der Waals surface area contributed by atoms with Gasteiger partial charge >= 0.3 is 11.9 Å². The number of esters is 2. The van der Waals surface area contributed by atoms with Gasteiger partial charge in [0.15, 0.2) is 16.9 Å². The second kappa shape index (κ2) is 24.4. The molecule has 0 bridgehead atoms. The molecule has 410 valence electrons. The number of ether oxygens (including phenoxy) is 2. The number of thioether (sulfide) groups is 2. The van der Waals surface area contributed by atoms with Crippen molar-refractivity contribution in [2.45, 2.75) is 28.7 Å². The van der Waals surface area contributed by atoms with Crippen LogP contribution in [-0.4, -0.2) is 68.9 Å². The molecule has 3 aliphatic heterocycles. The van der Waals surface area contributed by atoms with E-state index in [2.05, 4.69) is 47.0 Å². The molecule has 0 spiro atoms. The summed E-state index contributed by atoms with van der Waals surface area (Å²) in [6.45, 7) is 0.119. The molecule has 9 aromatic rings. The van der Waals surface area contributed by atoms with Crippen LogP contribution in [0, 0.1) is 0 Å². The monoisotopic (exact) mass is 1150 g/mol. The van der Waals surface area contributed by atoms with Crippen LogP contribution in [-0.2, 0) is 44.6 Å². The van der Waals surface area contributed by atoms with Crippen LogP contribution in [0.25, 0.3) is 0 Å². The maximum Gasteiger partial charge on any atom is 0.356 e. The molecule has 0 radical (unpaired) electrons. The van der Waals surface area contributed by atoms with Crippen molar-refractivity contribution in [3.05, 3.63) is 320 Å². The van der Waals surface area contributed by atoms with E-state index in [1.54, 1.807) is 5.38 Å². The largest absolute Gasteiger partial charge is 0.457 e. The number of cyclic esters (lactones) is 1. The van der Waals surface area contributed by atoms with Gasteiger partial charge in [-0.25, -0.2) is 14.6 Å². The highest BCUT2D eigenvalue weighted by atomic mass is 32.2. The third-order valence-electron chi connectivity index (χ3n) is 14.7. The van der Waals surface area contributed by atoms with E-state index in [4.69, 9.17) is 24.5 Å². The number of carbonyl (C=O) groups is 4. The summed E-state index contributed by atoms with van der Waals surface area (Å²) in [5.74, 6) is -1.81. The number of hydrogen-bond donors (Lipinski definition) is 2. The third-order valence-corrected chi connectivity index (χ3v) is 17.9. The van der Waals surface area contributed by atoms with Gasteiger partial charge in [-0.1, -0.05) is 248 Å². The Hall–Kier alpha value is -9.28. The Morgan fingerprint density at radius 1 is 0.651 bits per heavy atom. The molecule has 3 aliphatic rings. The molecular weight excluding hydrogens is 1090 g/mol. The predicted octanol–water partition coefficient (Wildman–Crippen LogP) is 12.4. The Labute approximate surface area is 492 Å². The molecule has 15 heteroatoms. The Kier molecular flexibility index (Phi) is 16.0. The van der Waals surface area contributed by atoms with Crippen LogP contribution in [0.4, 0.5) is 5.13 Å². The van der Waals surface area contributed by atoms with Gasteiger partial charge < -0.3 is 24.9 Å². The van der Waals surface area contributed by atoms with Crippen molar-refractivity contribution in [2.75, 3.05) is 23.4 Å². The van der Waals surface area contributed by atoms with Crippen molar-refractivity contribution in [2.24, 2.45) is 5.16 Å². The number of hydrogen-bond acceptors (Lipinski definition) is 13. The average molecular weight is 1150 g/mol. The summed E-state index contributed by atoms with van der Waals surface area (Å²) in [7, 11) is 0. The summed E-state index contributed by atoms with van der Waals surface area (Å²) in [5, 5.41) is 13.3. The Bertz CT molecular complexity index is 3620. The predicted molar refractivity (Wildman–Crippen MR) is 326 cm³/mol. The smallest absolute Gasteiger partial charge is 0.356 e. The number of nitrogens with zero attached hydrogens (tertiary/aromatic N) is 3. The maximum atomic E-state index is 15.6. The molecule has 83 heavy (non-hydrogen) atoms. The normalized spacial score (nSPS) is 16.1. The topological polar surface area (TPSA) is 149 Å². The first-order valence-corrected chi connectivity index (χ1v) is 29.8. The van der Waals surface area contributed by atoms with Crippen LogP contribution < -0.4 is 10.6 Å². The van der Waals surface area contributed by atoms with Crippen molar-refractivity contribution in [3.63, 3.8) is 0 Å². The van der Waals surface area contributed by atoms with Crippen LogP contribution >= 0.6 is 34.9 Å². The number of β-lactam (4-membered cyclic amide) rings is 1. The minimum atomic E-state index is -1.39. The third kappa shape index (κ3) is 11.0. The molecule has 0 unspecified atom stereocenters. The van der Waals surface area contributed by atoms with E-state index in [0.717, 1.165) is 44.5 Å². The molecule has 12 nitrogen and oxygen atoms in total. The first kappa shape index (κ1) is 54.3. The summed E-state index contributed by atoms with van der Waals surface area (Å²) in [5.41, 5.74) is 4.94. The molecule has 2 amide bonds. The van der Waals surface area contributed by atoms with E-state index in [1.807, 2.05) is 206 Å². The first-order chi connectivity index (χ1) is 40.8. The van der Waals surface area contributed by atoms with Gasteiger partial charge in [0.05, 0.1) is 0 Å². The fourth-order valence-corrected chi connectivity index (χ4v) is 13.9. The average Bonchev–Trinajstić information content (AvgIpc) is 4.15. The fraction of sp³-hybridized carbons (Fsp3) is 0.118. The van der Waals surface area contributed by atoms with E-state index < -0.39 is 52.4 Å². The number of anilines is 1. The minimum Gasteiger partial charge on any atom is -0.457 e. The van der Waals surface area contributed by atoms with Crippen molar-refractivity contribution in [1.82, 2.24) is 15.2 Å². The molecule has 0 aliphatic carbocycles. The second-order valence-corrected chi connectivity index (χ2v) is 22.8. The Balaban J connectivity index is 0.931. The highest BCUT2D eigenvalue weighted by molar-refractivity contribution is 8.03. The van der Waals surface area contributed by atoms with Crippen LogP contribution in [0.5, 0.6) is 0 Å². The van der Waals surface area contributed by atoms with Gasteiger partial charge in [-0.3, -0.25) is 14.5 Å². The first-order valence-electron chi connectivity index (χ1n) is 26.9. The Morgan fingerprint density at radius 2 is 1.11 bits per heavy atom. The highest BCUT2D eigenvalue weighted by Gasteiger charge is 2.55. The maximum absolute atomic E-state index is 15.6. The summed E-state index contributed by atoms with van der Waals surface area (Å²) < 4.78 is 11.6. The van der Waals surface area contributed by atoms with Gasteiger partial charge in [0.1, 0.15) is 35.0 Å². The van der Waals surface area contributed by atoms with Crippen LogP contribution in [0.3, 0.4) is 0 Å². The molecule has 0 saturated carbocycles. The standard InChI is InChI=1S/C68H53N5O7S3/c74-57-41-55(42-78-57)81-43-48-44-82-64-59(63(76)73(64)60(48)65(77)79-61(46-25-9-1-10-26-46)47-27-11-2-12-28-47)70-62(75)58(72-80-68(52-35-19-6-20-36-52,53-37-21-7-22-38-53)54-39-23-8-24-40-54)56-45-83-66(69-56)71-67(49-29-13-3-14-30-49,50-31-15-4-16-32-50)51-33-17-5-18-34-51/h1-41,45,59,61,64H,42-44H2,(H,69,71)(H,70,75)/b72-58+/t59-,64-/m1/s1. The van der Waals surface area contributed by atoms with Gasteiger partial charge in [-0.2, -0.15) is 0 Å². The molecule has 12 rings (SSSR count). The molecule has 8 aromatic carbocycles. The summed E-state index contributed by atoms with van der Waals surface area (Å²) in [6.07, 6.45) is 0.627. The lowest BCUT2D eigenvalue weighted by Crippen LogP contribution is -2.71. The van der Waals surface area contributed by atoms with Gasteiger partial charge in [-0.15, -0.1) is 34.9 Å². The SMILES string of the molecule is O=C1C=C(SCC2=C(C(=O)OC(c3ccccc3)c3ccccc3)N3C(=O)[C@@H](NC(=O)/C(=N/OC(c4ccccc4)(c4ccccc4)c4ccccc4)c4csc(NC(c5ccccc5)(c5ccccc5)c5ccccc5)n4)[C@H]3SC2)CO1. The van der Waals surface area contributed by atoms with E-state index >= 15 is 4.79 Å². The fourth-order valence-electron chi connectivity index (χ4n) is 10.7. The number of fused-ring (bicyclic) bond motifs is 1. The molecule has 2 N–H and O–H groups in total. The van der Waals surface area contributed by atoms with Crippen molar-refractivity contribution < 1.29 is 33.5 Å². The number of oxime groups is 1. The van der Waals surface area contributed by atoms with Crippen molar-refractivity contribution >= 4 is 69.5 Å². The molecule has 4 heterocycles. The van der Waals surface area contributed by atoms with Crippen LogP contribution in [0.1, 0.15) is 56.3 Å². The van der Waals surface area contributed by atoms with E-state index in [-0.39, 0.29) is 29.5 Å². The molecule has 1 fully saturated rings. The van der Waals surface area contributed by atoms with Gasteiger partial charge in [0.25, 0.3) is 11.8 Å². The quantitative estimate of drug-likeness (QED) is 0.0247. The number of amides is 2. The lowest BCUT2D eigenvalue weighted by molar-refractivity contribution is -0.154. The van der Waals surface area contributed by atoms with E-state index in [1.165, 1.54) is 45.8 Å². The molecule has 1 aromatic heterocycles. The minimum absolute atomic E-state index is 0.0870. The highest BCUT2D eigenvalue weighted by Crippen LogP contribution is 2.45. The van der Waals surface area contributed by atoms with Crippen molar-refractivity contribution in [1.29, 1.82) is 0 Å². The van der Waals surface area contributed by atoms with Crippen LogP contribution in [0.2, 0.25) is 0 Å². The van der Waals surface area contributed by atoms with Gasteiger partial charge in [0, 0.05) is 44.6 Å². The van der Waals surface area contributed by atoms with Gasteiger partial charge in [0.2, 0.25) is 5.60 Å². The van der Waals surface area contributed by atoms with E-state index in [9.17, 15) is 14.4 Å². The number of thiazole rings is 1. The summed E-state index contributed by atoms with van der Waals surface area (Å²) in [6, 6.07) is 77.2. The zero-order valence-corrected chi connectivity index (χ0v) is 47.0. The van der Waals surface area contributed by atoms with E-state index in [0.29, 0.717) is 21.4 Å². The lowest BCUT2D eigenvalue weighted by Gasteiger charge is -2.49. The Morgan fingerprint density at radius 3 is 1.57 bits per heavy atom. The molecular formula is C68H53N5O7S3. The molecule has 1 saturated heterocycles. The zero-order valence-electron chi connectivity index (χ0n) is 44.5. The second-order valence-electron chi connectivity index (χ2n) is 19.7. The lowest BCUT2D eigenvalue weighted by atomic mass is 9.77.